The van der Waals surface area contributed by atoms with Crippen molar-refractivity contribution in [1.29, 1.82) is 0 Å². The van der Waals surface area contributed by atoms with E-state index in [0.29, 0.717) is 19.5 Å². The van der Waals surface area contributed by atoms with Crippen LogP contribution in [0.1, 0.15) is 47.2 Å². The molecule has 0 unspecified atom stereocenters. The minimum absolute atomic E-state index is 0.112. The van der Waals surface area contributed by atoms with Gasteiger partial charge in [0.05, 0.1) is 5.69 Å². The second-order valence-electron chi connectivity index (χ2n) is 6.47. The summed E-state index contributed by atoms with van der Waals surface area (Å²) in [4.78, 5) is 38.4. The Morgan fingerprint density at radius 2 is 1.96 bits per heavy atom. The van der Waals surface area contributed by atoms with Crippen LogP contribution in [-0.4, -0.2) is 36.7 Å². The summed E-state index contributed by atoms with van der Waals surface area (Å²) in [6.45, 7) is 5.07. The lowest BCUT2D eigenvalue weighted by Gasteiger charge is -2.28. The topological polar surface area (TPSA) is 93.0 Å². The number of nitrogens with one attached hydrogen (secondary N) is 1. The van der Waals surface area contributed by atoms with Gasteiger partial charge in [-0.3, -0.25) is 23.8 Å². The van der Waals surface area contributed by atoms with E-state index in [-0.39, 0.29) is 17.5 Å². The Bertz CT molecular complexity index is 919. The van der Waals surface area contributed by atoms with Gasteiger partial charge in [0.1, 0.15) is 5.69 Å². The van der Waals surface area contributed by atoms with Crippen LogP contribution in [0.3, 0.4) is 0 Å². The predicted molar refractivity (Wildman–Crippen MR) is 88.0 cm³/mol. The third kappa shape index (κ3) is 2.47. The number of nitrogens with zero attached hydrogens (tertiary/aromatic N) is 4. The van der Waals surface area contributed by atoms with Crippen molar-refractivity contribution in [3.8, 4) is 0 Å². The van der Waals surface area contributed by atoms with Crippen LogP contribution in [0, 0.1) is 0 Å². The SMILES string of the molecule is CC(C)c1n[nH]c2c1CN(C(=O)c1cc(=O)n(C)c(=O)n1C)CC2. The maximum Gasteiger partial charge on any atom is 0.331 e. The molecule has 1 amide bonds. The normalized spacial score (nSPS) is 14.1. The van der Waals surface area contributed by atoms with Gasteiger partial charge in [-0.05, 0) is 5.92 Å². The Labute approximate surface area is 138 Å². The molecule has 128 valence electrons. The zero-order valence-corrected chi connectivity index (χ0v) is 14.3. The molecular weight excluding hydrogens is 310 g/mol. The van der Waals surface area contributed by atoms with Crippen LogP contribution in [0.25, 0.3) is 0 Å². The van der Waals surface area contributed by atoms with Gasteiger partial charge in [-0.1, -0.05) is 13.8 Å². The lowest BCUT2D eigenvalue weighted by Crippen LogP contribution is -2.43. The molecule has 1 aliphatic heterocycles. The maximum absolute atomic E-state index is 12.8. The summed E-state index contributed by atoms with van der Waals surface area (Å²) in [5.74, 6) is -0.0534. The Kier molecular flexibility index (Phi) is 3.90. The number of carbonyl (C=O) groups excluding carboxylic acids is 1. The van der Waals surface area contributed by atoms with E-state index in [9.17, 15) is 14.4 Å². The summed E-state index contributed by atoms with van der Waals surface area (Å²) in [6.07, 6.45) is 0.680. The Balaban J connectivity index is 1.97. The Hall–Kier alpha value is -2.64. The number of fused-ring (bicyclic) bond motifs is 1. The molecule has 0 atom stereocenters. The second-order valence-corrected chi connectivity index (χ2v) is 6.47. The van der Waals surface area contributed by atoms with Gasteiger partial charge < -0.3 is 4.90 Å². The number of H-pyrrole nitrogens is 1. The molecule has 8 heteroatoms. The van der Waals surface area contributed by atoms with E-state index in [1.54, 1.807) is 4.90 Å². The first-order chi connectivity index (χ1) is 11.3. The average Bonchev–Trinajstić information content (AvgIpc) is 2.98. The zero-order chi connectivity index (χ0) is 17.6. The van der Waals surface area contributed by atoms with Crippen molar-refractivity contribution < 1.29 is 4.79 Å². The largest absolute Gasteiger partial charge is 0.333 e. The van der Waals surface area contributed by atoms with Gasteiger partial charge in [0.2, 0.25) is 0 Å². The number of hydrogen-bond acceptors (Lipinski definition) is 4. The summed E-state index contributed by atoms with van der Waals surface area (Å²) in [7, 11) is 2.90. The molecule has 2 aromatic heterocycles. The van der Waals surface area contributed by atoms with Gasteiger partial charge in [-0.15, -0.1) is 0 Å². The fourth-order valence-corrected chi connectivity index (χ4v) is 3.07. The van der Waals surface area contributed by atoms with Crippen molar-refractivity contribution in [2.45, 2.75) is 32.7 Å². The summed E-state index contributed by atoms with van der Waals surface area (Å²) >= 11 is 0. The van der Waals surface area contributed by atoms with E-state index >= 15 is 0 Å². The third-order valence-corrected chi connectivity index (χ3v) is 4.54. The molecule has 0 radical (unpaired) electrons. The lowest BCUT2D eigenvalue weighted by molar-refractivity contribution is 0.0721. The number of rotatable bonds is 2. The van der Waals surface area contributed by atoms with Gasteiger partial charge in [0, 0.05) is 50.9 Å². The third-order valence-electron chi connectivity index (χ3n) is 4.54. The summed E-state index contributed by atoms with van der Waals surface area (Å²) in [6, 6.07) is 1.22. The average molecular weight is 331 g/mol. The van der Waals surface area contributed by atoms with Crippen LogP contribution >= 0.6 is 0 Å². The van der Waals surface area contributed by atoms with Crippen LogP contribution in [0.15, 0.2) is 15.7 Å². The number of hydrogen-bond donors (Lipinski definition) is 1. The molecule has 0 fully saturated rings. The van der Waals surface area contributed by atoms with Gasteiger partial charge in [0.15, 0.2) is 0 Å². The fraction of sp³-hybridized carbons (Fsp3) is 0.500. The molecule has 24 heavy (non-hydrogen) atoms. The first-order valence-corrected chi connectivity index (χ1v) is 7.93. The number of amides is 1. The molecule has 0 spiro atoms. The first kappa shape index (κ1) is 16.2. The Morgan fingerprint density at radius 3 is 2.62 bits per heavy atom. The quantitative estimate of drug-likeness (QED) is 0.846. The van der Waals surface area contributed by atoms with Crippen molar-refractivity contribution in [2.75, 3.05) is 6.54 Å². The molecule has 0 bridgehead atoms. The van der Waals surface area contributed by atoms with Crippen molar-refractivity contribution in [2.24, 2.45) is 14.1 Å². The van der Waals surface area contributed by atoms with Gasteiger partial charge in [-0.25, -0.2) is 4.79 Å². The smallest absolute Gasteiger partial charge is 0.331 e. The van der Waals surface area contributed by atoms with E-state index in [1.807, 2.05) is 0 Å². The highest BCUT2D eigenvalue weighted by atomic mass is 16.2. The molecule has 2 aromatic rings. The fourth-order valence-electron chi connectivity index (χ4n) is 3.07. The molecule has 8 nitrogen and oxygen atoms in total. The summed E-state index contributed by atoms with van der Waals surface area (Å²) in [5, 5.41) is 7.40. The molecule has 1 N–H and O–H groups in total. The molecule has 3 rings (SSSR count). The molecule has 0 saturated heterocycles. The molecule has 0 aromatic carbocycles. The number of carbonyl (C=O) groups is 1. The molecule has 0 aliphatic carbocycles. The number of aromatic amines is 1. The first-order valence-electron chi connectivity index (χ1n) is 7.93. The van der Waals surface area contributed by atoms with Gasteiger partial charge >= 0.3 is 5.69 Å². The monoisotopic (exact) mass is 331 g/mol. The van der Waals surface area contributed by atoms with Gasteiger partial charge in [0.25, 0.3) is 11.5 Å². The second kappa shape index (κ2) is 5.77. The van der Waals surface area contributed by atoms with E-state index in [1.165, 1.54) is 24.7 Å². The van der Waals surface area contributed by atoms with Crippen molar-refractivity contribution in [3.63, 3.8) is 0 Å². The molecule has 1 aliphatic rings. The van der Waals surface area contributed by atoms with E-state index < -0.39 is 11.2 Å². The van der Waals surface area contributed by atoms with Crippen LogP contribution in [-0.2, 0) is 27.1 Å². The predicted octanol–water partition coefficient (Wildman–Crippen LogP) is 0.129. The highest BCUT2D eigenvalue weighted by Gasteiger charge is 2.28. The molecule has 3 heterocycles. The van der Waals surface area contributed by atoms with Crippen molar-refractivity contribution in [3.05, 3.63) is 49.5 Å². The minimum Gasteiger partial charge on any atom is -0.333 e. The number of aromatic nitrogens is 4. The van der Waals surface area contributed by atoms with Crippen molar-refractivity contribution >= 4 is 5.91 Å². The molecule has 0 saturated carbocycles. The molecular formula is C16H21N5O3. The minimum atomic E-state index is -0.505. The maximum atomic E-state index is 12.8. The van der Waals surface area contributed by atoms with E-state index in [4.69, 9.17) is 0 Å². The lowest BCUT2D eigenvalue weighted by atomic mass is 9.99. The highest BCUT2D eigenvalue weighted by Crippen LogP contribution is 2.26. The van der Waals surface area contributed by atoms with Crippen LogP contribution in [0.5, 0.6) is 0 Å². The van der Waals surface area contributed by atoms with E-state index in [0.717, 1.165) is 21.5 Å². The summed E-state index contributed by atoms with van der Waals surface area (Å²) in [5.41, 5.74) is 2.18. The van der Waals surface area contributed by atoms with Crippen LogP contribution in [0.4, 0.5) is 0 Å². The Morgan fingerprint density at radius 1 is 1.25 bits per heavy atom. The zero-order valence-electron chi connectivity index (χ0n) is 14.3. The van der Waals surface area contributed by atoms with Crippen LogP contribution in [0.2, 0.25) is 0 Å². The standard InChI is InChI=1S/C16H21N5O3/c1-9(2)14-10-8-21(6-5-11(10)17-18-14)15(23)12-7-13(22)20(4)16(24)19(12)3/h7,9H,5-6,8H2,1-4H3,(H,17,18). The van der Waals surface area contributed by atoms with Gasteiger partial charge in [-0.2, -0.15) is 5.10 Å². The van der Waals surface area contributed by atoms with E-state index in [2.05, 4.69) is 24.0 Å². The highest BCUT2D eigenvalue weighted by molar-refractivity contribution is 5.92. The van der Waals surface area contributed by atoms with Crippen LogP contribution < -0.4 is 11.2 Å². The van der Waals surface area contributed by atoms with Crippen molar-refractivity contribution in [1.82, 2.24) is 24.2 Å². The summed E-state index contributed by atoms with van der Waals surface area (Å²) < 4.78 is 2.20.